The maximum atomic E-state index is 5.86. The average molecular weight is 335 g/mol. The van der Waals surface area contributed by atoms with Crippen molar-refractivity contribution in [2.75, 3.05) is 0 Å². The molecule has 0 spiro atoms. The van der Waals surface area contributed by atoms with Crippen molar-refractivity contribution in [3.63, 3.8) is 0 Å². The number of nitrogens with one attached hydrogen (secondary N) is 1. The fourth-order valence-corrected chi connectivity index (χ4v) is 1.89. The van der Waals surface area contributed by atoms with Crippen LogP contribution in [0.2, 0.25) is 0 Å². The number of benzene rings is 1. The van der Waals surface area contributed by atoms with Crippen LogP contribution < -0.4 is 10.1 Å². The molecule has 1 aromatic heterocycles. The van der Waals surface area contributed by atoms with E-state index >= 15 is 0 Å². The van der Waals surface area contributed by atoms with E-state index < -0.39 is 0 Å². The van der Waals surface area contributed by atoms with Gasteiger partial charge in [0, 0.05) is 28.3 Å². The van der Waals surface area contributed by atoms with E-state index in [1.54, 1.807) is 6.20 Å². The Balaban J connectivity index is 2.13. The van der Waals surface area contributed by atoms with Gasteiger partial charge in [-0.1, -0.05) is 22.0 Å². The van der Waals surface area contributed by atoms with Gasteiger partial charge in [0.25, 0.3) is 0 Å². The smallest absolute Gasteiger partial charge is 0.223 e. The van der Waals surface area contributed by atoms with Crippen molar-refractivity contribution in [2.45, 2.75) is 32.9 Å². The third kappa shape index (κ3) is 4.62. The summed E-state index contributed by atoms with van der Waals surface area (Å²) < 4.78 is 6.89. The van der Waals surface area contributed by atoms with Crippen LogP contribution in [-0.4, -0.2) is 10.5 Å². The Bertz CT molecular complexity index is 561. The standard InChI is InChI=1S/C16H19BrN2O/c1-16(2,3)19-11-12-5-4-10-18-15(12)20-14-8-6-13(17)7-9-14/h4-10,19H,11H2,1-3H3. The van der Waals surface area contributed by atoms with Crippen molar-refractivity contribution in [2.24, 2.45) is 0 Å². The summed E-state index contributed by atoms with van der Waals surface area (Å²) in [5.41, 5.74) is 1.11. The van der Waals surface area contributed by atoms with Crippen molar-refractivity contribution in [3.8, 4) is 11.6 Å². The molecule has 3 nitrogen and oxygen atoms in total. The number of hydrogen-bond donors (Lipinski definition) is 1. The number of rotatable bonds is 4. The summed E-state index contributed by atoms with van der Waals surface area (Å²) in [7, 11) is 0. The van der Waals surface area contributed by atoms with E-state index in [0.29, 0.717) is 5.88 Å². The summed E-state index contributed by atoms with van der Waals surface area (Å²) in [6.07, 6.45) is 1.74. The summed E-state index contributed by atoms with van der Waals surface area (Å²) in [6, 6.07) is 11.7. The molecule has 0 radical (unpaired) electrons. The first-order chi connectivity index (χ1) is 9.44. The topological polar surface area (TPSA) is 34.2 Å². The molecule has 0 saturated carbocycles. The molecule has 0 bridgehead atoms. The number of halogens is 1. The van der Waals surface area contributed by atoms with Crippen LogP contribution in [0.15, 0.2) is 47.1 Å². The zero-order valence-corrected chi connectivity index (χ0v) is 13.6. The van der Waals surface area contributed by atoms with Crippen LogP contribution in [0, 0.1) is 0 Å². The van der Waals surface area contributed by atoms with E-state index in [0.717, 1.165) is 22.3 Å². The fourth-order valence-electron chi connectivity index (χ4n) is 1.63. The molecule has 0 aliphatic rings. The van der Waals surface area contributed by atoms with Gasteiger partial charge in [-0.25, -0.2) is 4.98 Å². The lowest BCUT2D eigenvalue weighted by Gasteiger charge is -2.21. The Kier molecular flexibility index (Phi) is 4.78. The van der Waals surface area contributed by atoms with Gasteiger partial charge in [0.05, 0.1) is 0 Å². The molecule has 20 heavy (non-hydrogen) atoms. The third-order valence-corrected chi connectivity index (χ3v) is 3.22. The Morgan fingerprint density at radius 2 is 1.85 bits per heavy atom. The summed E-state index contributed by atoms with van der Waals surface area (Å²) in [5.74, 6) is 1.43. The van der Waals surface area contributed by atoms with Crippen LogP contribution in [0.3, 0.4) is 0 Å². The fraction of sp³-hybridized carbons (Fsp3) is 0.312. The number of ether oxygens (including phenoxy) is 1. The summed E-state index contributed by atoms with van der Waals surface area (Å²) in [4.78, 5) is 4.32. The van der Waals surface area contributed by atoms with Gasteiger partial charge >= 0.3 is 0 Å². The maximum absolute atomic E-state index is 5.86. The van der Waals surface area contributed by atoms with Gasteiger partial charge in [-0.2, -0.15) is 0 Å². The van der Waals surface area contributed by atoms with Crippen LogP contribution in [-0.2, 0) is 6.54 Å². The van der Waals surface area contributed by atoms with Gasteiger partial charge in [0.15, 0.2) is 0 Å². The number of nitrogens with zero attached hydrogens (tertiary/aromatic N) is 1. The van der Waals surface area contributed by atoms with Crippen LogP contribution in [0.4, 0.5) is 0 Å². The second kappa shape index (κ2) is 6.37. The first-order valence-corrected chi connectivity index (χ1v) is 7.36. The Morgan fingerprint density at radius 3 is 2.50 bits per heavy atom. The van der Waals surface area contributed by atoms with Crippen LogP contribution in [0.25, 0.3) is 0 Å². The molecule has 2 aromatic rings. The molecule has 0 unspecified atom stereocenters. The van der Waals surface area contributed by atoms with Gasteiger partial charge in [-0.3, -0.25) is 0 Å². The second-order valence-electron chi connectivity index (χ2n) is 5.63. The molecule has 0 fully saturated rings. The predicted molar refractivity (Wildman–Crippen MR) is 85.0 cm³/mol. The lowest BCUT2D eigenvalue weighted by molar-refractivity contribution is 0.409. The predicted octanol–water partition coefficient (Wildman–Crippen LogP) is 4.52. The van der Waals surface area contributed by atoms with Gasteiger partial charge < -0.3 is 10.1 Å². The van der Waals surface area contributed by atoms with E-state index in [4.69, 9.17) is 4.74 Å². The van der Waals surface area contributed by atoms with Gasteiger partial charge in [-0.15, -0.1) is 0 Å². The van der Waals surface area contributed by atoms with E-state index in [2.05, 4.69) is 47.0 Å². The number of pyridine rings is 1. The Labute approximate surface area is 128 Å². The van der Waals surface area contributed by atoms with Crippen molar-refractivity contribution >= 4 is 15.9 Å². The molecule has 106 valence electrons. The zero-order chi connectivity index (χ0) is 14.6. The molecular weight excluding hydrogens is 316 g/mol. The minimum atomic E-state index is 0.0602. The van der Waals surface area contributed by atoms with Crippen LogP contribution in [0.5, 0.6) is 11.6 Å². The molecule has 1 heterocycles. The van der Waals surface area contributed by atoms with E-state index in [1.165, 1.54) is 0 Å². The molecule has 0 atom stereocenters. The Hall–Kier alpha value is -1.39. The molecule has 0 saturated heterocycles. The summed E-state index contributed by atoms with van der Waals surface area (Å²) in [5, 5.41) is 3.45. The highest BCUT2D eigenvalue weighted by Gasteiger charge is 2.12. The highest BCUT2D eigenvalue weighted by Crippen LogP contribution is 2.24. The lowest BCUT2D eigenvalue weighted by Crippen LogP contribution is -2.35. The normalized spacial score (nSPS) is 11.4. The molecular formula is C16H19BrN2O. The largest absolute Gasteiger partial charge is 0.439 e. The minimum Gasteiger partial charge on any atom is -0.439 e. The molecule has 1 N–H and O–H groups in total. The molecule has 4 heteroatoms. The van der Waals surface area contributed by atoms with Crippen molar-refractivity contribution < 1.29 is 4.74 Å². The SMILES string of the molecule is CC(C)(C)NCc1cccnc1Oc1ccc(Br)cc1. The second-order valence-corrected chi connectivity index (χ2v) is 6.54. The van der Waals surface area contributed by atoms with Gasteiger partial charge in [0.2, 0.25) is 5.88 Å². The first kappa shape index (κ1) is 15.0. The van der Waals surface area contributed by atoms with Gasteiger partial charge in [0.1, 0.15) is 5.75 Å². The van der Waals surface area contributed by atoms with Crippen LogP contribution >= 0.6 is 15.9 Å². The summed E-state index contributed by atoms with van der Waals surface area (Å²) >= 11 is 3.41. The van der Waals surface area contributed by atoms with Crippen molar-refractivity contribution in [1.29, 1.82) is 0 Å². The zero-order valence-electron chi connectivity index (χ0n) is 12.0. The van der Waals surface area contributed by atoms with E-state index in [-0.39, 0.29) is 5.54 Å². The number of hydrogen-bond acceptors (Lipinski definition) is 3. The average Bonchev–Trinajstić information content (AvgIpc) is 2.39. The third-order valence-electron chi connectivity index (χ3n) is 2.69. The maximum Gasteiger partial charge on any atom is 0.223 e. The van der Waals surface area contributed by atoms with E-state index in [1.807, 2.05) is 36.4 Å². The van der Waals surface area contributed by atoms with Crippen molar-refractivity contribution in [1.82, 2.24) is 10.3 Å². The Morgan fingerprint density at radius 1 is 1.15 bits per heavy atom. The van der Waals surface area contributed by atoms with Crippen molar-refractivity contribution in [3.05, 3.63) is 52.6 Å². The molecule has 1 aromatic carbocycles. The summed E-state index contributed by atoms with van der Waals surface area (Å²) in [6.45, 7) is 7.14. The first-order valence-electron chi connectivity index (χ1n) is 6.56. The lowest BCUT2D eigenvalue weighted by atomic mass is 10.1. The molecule has 0 aliphatic carbocycles. The molecule has 0 amide bonds. The quantitative estimate of drug-likeness (QED) is 0.892. The van der Waals surface area contributed by atoms with Crippen LogP contribution in [0.1, 0.15) is 26.3 Å². The monoisotopic (exact) mass is 334 g/mol. The van der Waals surface area contributed by atoms with Gasteiger partial charge in [-0.05, 0) is 51.1 Å². The highest BCUT2D eigenvalue weighted by molar-refractivity contribution is 9.10. The van der Waals surface area contributed by atoms with E-state index in [9.17, 15) is 0 Å². The highest BCUT2D eigenvalue weighted by atomic mass is 79.9. The minimum absolute atomic E-state index is 0.0602. The molecule has 0 aliphatic heterocycles. The number of aromatic nitrogens is 1. The molecule has 2 rings (SSSR count).